The fourth-order valence-corrected chi connectivity index (χ4v) is 3.48. The van der Waals surface area contributed by atoms with Crippen LogP contribution in [0.2, 0.25) is 0 Å². The Hall–Kier alpha value is -2.24. The molecule has 0 amide bonds. The van der Waals surface area contributed by atoms with Gasteiger partial charge in [-0.25, -0.2) is 0 Å². The molecule has 2 aromatic rings. The molecule has 2 heterocycles. The summed E-state index contributed by atoms with van der Waals surface area (Å²) in [5, 5.41) is 6.00. The zero-order valence-electron chi connectivity index (χ0n) is 13.1. The summed E-state index contributed by atoms with van der Waals surface area (Å²) in [6.07, 6.45) is 7.46. The molecule has 115 valence electrons. The summed E-state index contributed by atoms with van der Waals surface area (Å²) in [6.45, 7) is 4.25. The first-order valence-corrected chi connectivity index (χ1v) is 9.83. The van der Waals surface area contributed by atoms with Gasteiger partial charge < -0.3 is 0 Å². The van der Waals surface area contributed by atoms with Gasteiger partial charge in [0.05, 0.1) is 0 Å². The van der Waals surface area contributed by atoms with Crippen molar-refractivity contribution < 1.29 is 26.4 Å². The van der Waals surface area contributed by atoms with Crippen LogP contribution in [0, 0.1) is 0 Å². The summed E-state index contributed by atoms with van der Waals surface area (Å²) >= 11 is 0.0641. The van der Waals surface area contributed by atoms with Crippen LogP contribution in [0.5, 0.6) is 0 Å². The SMILES string of the molecule is C=C(/C(=C1/C=CC=CN1N)c1ccc(=O)[n]([Hg])n1)c1ccccc1. The zero-order chi connectivity index (χ0) is 17.1. The van der Waals surface area contributed by atoms with Crippen LogP contribution in [0.25, 0.3) is 11.1 Å². The Kier molecular flexibility index (Phi) is 4.92. The molecule has 0 saturated carbocycles. The third-order valence-corrected chi connectivity index (χ3v) is 5.45. The quantitative estimate of drug-likeness (QED) is 0.515. The summed E-state index contributed by atoms with van der Waals surface area (Å²) in [4.78, 5) is 11.7. The van der Waals surface area contributed by atoms with Gasteiger partial charge in [0.2, 0.25) is 0 Å². The van der Waals surface area contributed by atoms with Gasteiger partial charge in [-0.05, 0) is 0 Å². The fraction of sp³-hybridized carbons (Fsp3) is 0. The Morgan fingerprint density at radius 2 is 1.88 bits per heavy atom. The van der Waals surface area contributed by atoms with E-state index >= 15 is 0 Å². The van der Waals surface area contributed by atoms with E-state index in [0.29, 0.717) is 5.69 Å². The molecule has 0 spiro atoms. The molecule has 0 bridgehead atoms. The Balaban J connectivity index is 2.22. The van der Waals surface area contributed by atoms with Gasteiger partial charge in [-0.15, -0.1) is 0 Å². The average Bonchev–Trinajstić information content (AvgIpc) is 2.60. The number of rotatable bonds is 3. The standard InChI is InChI=1S/C18H16N4O.Hg/c1-13(14-7-3-2-4-8-14)18(15-10-11-17(23)21-20-15)16-9-5-6-12-22(16)19;/h2-12H,1,19H2,(H,21,23);/q;+1/p-1/b18-16+;. The van der Waals surface area contributed by atoms with Crippen LogP contribution in [-0.2, 0) is 26.4 Å². The van der Waals surface area contributed by atoms with E-state index in [1.54, 1.807) is 12.3 Å². The first kappa shape index (κ1) is 16.6. The number of hydrazine groups is 1. The minimum absolute atomic E-state index is 0.0641. The van der Waals surface area contributed by atoms with E-state index in [-0.39, 0.29) is 32.0 Å². The fourth-order valence-electron chi connectivity index (χ4n) is 2.47. The van der Waals surface area contributed by atoms with Crippen molar-refractivity contribution in [3.63, 3.8) is 0 Å². The predicted molar refractivity (Wildman–Crippen MR) is 90.6 cm³/mol. The van der Waals surface area contributed by atoms with Crippen LogP contribution in [-0.4, -0.2) is 12.6 Å². The van der Waals surface area contributed by atoms with Crippen molar-refractivity contribution in [1.29, 1.82) is 0 Å². The van der Waals surface area contributed by atoms with Crippen LogP contribution >= 0.6 is 0 Å². The van der Waals surface area contributed by atoms with Crippen molar-refractivity contribution in [3.05, 3.63) is 101 Å². The van der Waals surface area contributed by atoms with Crippen molar-refractivity contribution >= 4 is 11.1 Å². The van der Waals surface area contributed by atoms with E-state index in [9.17, 15) is 4.79 Å². The number of nitrogens with two attached hydrogens (primary N) is 1. The Labute approximate surface area is 156 Å². The van der Waals surface area contributed by atoms with E-state index in [0.717, 1.165) is 22.4 Å². The summed E-state index contributed by atoms with van der Waals surface area (Å²) in [6, 6.07) is 13.1. The molecule has 0 aliphatic carbocycles. The van der Waals surface area contributed by atoms with Crippen molar-refractivity contribution in [2.75, 3.05) is 0 Å². The number of allylic oxidation sites excluding steroid dienone is 5. The minimum atomic E-state index is -0.0829. The summed E-state index contributed by atoms with van der Waals surface area (Å²) in [5.74, 6) is 6.11. The summed E-state index contributed by atoms with van der Waals surface area (Å²) in [5.41, 5.74) is 3.98. The van der Waals surface area contributed by atoms with Crippen LogP contribution in [0.15, 0.2) is 84.0 Å². The van der Waals surface area contributed by atoms with Gasteiger partial charge in [0.1, 0.15) is 0 Å². The second-order valence-corrected chi connectivity index (χ2v) is 7.60. The van der Waals surface area contributed by atoms with Gasteiger partial charge in [0, 0.05) is 0 Å². The topological polar surface area (TPSA) is 64.2 Å². The van der Waals surface area contributed by atoms with Crippen LogP contribution in [0.1, 0.15) is 11.3 Å². The maximum atomic E-state index is 11.7. The molecular formula is C18H15HgN4O. The molecule has 1 aliphatic rings. The van der Waals surface area contributed by atoms with E-state index in [1.165, 1.54) is 13.5 Å². The van der Waals surface area contributed by atoms with E-state index in [1.807, 2.05) is 48.6 Å². The first-order chi connectivity index (χ1) is 11.6. The number of aromatic nitrogens is 2. The molecule has 24 heavy (non-hydrogen) atoms. The molecule has 1 aliphatic heterocycles. The number of nitrogens with zero attached hydrogens (tertiary/aromatic N) is 3. The molecule has 0 radical (unpaired) electrons. The van der Waals surface area contributed by atoms with Crippen molar-refractivity contribution in [3.8, 4) is 0 Å². The average molecular weight is 504 g/mol. The Morgan fingerprint density at radius 3 is 2.54 bits per heavy atom. The molecule has 0 atom stereocenters. The normalized spacial score (nSPS) is 15.5. The predicted octanol–water partition coefficient (Wildman–Crippen LogP) is 2.24. The number of hydrogen-bond acceptors (Lipinski definition) is 4. The third-order valence-electron chi connectivity index (χ3n) is 3.69. The molecule has 0 fully saturated rings. The van der Waals surface area contributed by atoms with Crippen molar-refractivity contribution in [1.82, 2.24) is 12.6 Å². The summed E-state index contributed by atoms with van der Waals surface area (Å²) < 4.78 is 1.50. The molecule has 1 aromatic heterocycles. The van der Waals surface area contributed by atoms with Gasteiger partial charge in [-0.3, -0.25) is 0 Å². The Morgan fingerprint density at radius 1 is 1.12 bits per heavy atom. The maximum absolute atomic E-state index is 11.7. The molecular weight excluding hydrogens is 489 g/mol. The zero-order valence-corrected chi connectivity index (χ0v) is 18.6. The van der Waals surface area contributed by atoms with Crippen LogP contribution < -0.4 is 11.4 Å². The molecule has 5 nitrogen and oxygen atoms in total. The number of benzene rings is 1. The van der Waals surface area contributed by atoms with Crippen LogP contribution in [0.3, 0.4) is 0 Å². The summed E-state index contributed by atoms with van der Waals surface area (Å²) in [7, 11) is 0. The van der Waals surface area contributed by atoms with Gasteiger partial charge in [-0.1, -0.05) is 0 Å². The second kappa shape index (κ2) is 7.11. The molecule has 3 rings (SSSR count). The first-order valence-electron chi connectivity index (χ1n) is 7.37. The molecule has 6 heteroatoms. The molecule has 1 aromatic carbocycles. The van der Waals surface area contributed by atoms with Gasteiger partial charge in [0.15, 0.2) is 0 Å². The second-order valence-electron chi connectivity index (χ2n) is 5.27. The van der Waals surface area contributed by atoms with Crippen molar-refractivity contribution in [2.45, 2.75) is 0 Å². The third kappa shape index (κ3) is 3.32. The van der Waals surface area contributed by atoms with E-state index in [2.05, 4.69) is 11.7 Å². The molecule has 0 unspecified atom stereocenters. The monoisotopic (exact) mass is 505 g/mol. The molecule has 2 N–H and O–H groups in total. The van der Waals surface area contributed by atoms with E-state index in [4.69, 9.17) is 5.84 Å². The molecule has 0 saturated heterocycles. The van der Waals surface area contributed by atoms with Crippen molar-refractivity contribution in [2.24, 2.45) is 5.84 Å². The van der Waals surface area contributed by atoms with Gasteiger partial charge in [-0.2, -0.15) is 0 Å². The van der Waals surface area contributed by atoms with Gasteiger partial charge >= 0.3 is 157 Å². The van der Waals surface area contributed by atoms with Gasteiger partial charge in [0.25, 0.3) is 0 Å². The van der Waals surface area contributed by atoms with Crippen LogP contribution in [0.4, 0.5) is 0 Å². The Bertz CT molecular complexity index is 926. The van der Waals surface area contributed by atoms with E-state index < -0.39 is 0 Å². The number of hydrogen-bond donors (Lipinski definition) is 1.